The van der Waals surface area contributed by atoms with Crippen molar-refractivity contribution in [3.63, 3.8) is 0 Å². The van der Waals surface area contributed by atoms with Crippen LogP contribution in [0.15, 0.2) is 0 Å². The van der Waals surface area contributed by atoms with Crippen LogP contribution in [-0.2, 0) is 4.79 Å². The predicted molar refractivity (Wildman–Crippen MR) is 63.9 cm³/mol. The summed E-state index contributed by atoms with van der Waals surface area (Å²) < 4.78 is 0. The maximum Gasteiger partial charge on any atom is 0.317 e. The summed E-state index contributed by atoms with van der Waals surface area (Å²) in [5, 5.41) is 14.7. The maximum atomic E-state index is 11.7. The molecule has 2 amide bonds. The summed E-state index contributed by atoms with van der Waals surface area (Å²) >= 11 is 0. The maximum absolute atomic E-state index is 11.7. The van der Waals surface area contributed by atoms with E-state index < -0.39 is 11.9 Å². The van der Waals surface area contributed by atoms with E-state index in [0.29, 0.717) is 26.1 Å². The van der Waals surface area contributed by atoms with E-state index in [9.17, 15) is 9.59 Å². The molecule has 0 bridgehead atoms. The highest BCUT2D eigenvalue weighted by molar-refractivity contribution is 5.76. The predicted octanol–water partition coefficient (Wildman–Crippen LogP) is 0.102. The Morgan fingerprint density at radius 2 is 2.18 bits per heavy atom. The van der Waals surface area contributed by atoms with Gasteiger partial charge in [0.2, 0.25) is 0 Å². The number of likely N-dealkylation sites (tertiary alicyclic amines) is 1. The summed E-state index contributed by atoms with van der Waals surface area (Å²) in [5.41, 5.74) is 0. The molecule has 0 radical (unpaired) electrons. The monoisotopic (exact) mass is 243 g/mol. The smallest absolute Gasteiger partial charge is 0.317 e. The highest BCUT2D eigenvalue weighted by Crippen LogP contribution is 2.16. The number of nitrogens with zero attached hydrogens (tertiary/aromatic N) is 1. The molecule has 0 spiro atoms. The zero-order valence-electron chi connectivity index (χ0n) is 10.2. The Hall–Kier alpha value is -1.30. The second-order valence-electron chi connectivity index (χ2n) is 4.31. The molecule has 1 aliphatic heterocycles. The average Bonchev–Trinajstić information content (AvgIpc) is 2.34. The molecule has 6 heteroatoms. The van der Waals surface area contributed by atoms with Crippen LogP contribution in [0, 0.1) is 5.92 Å². The Bertz CT molecular complexity index is 271. The van der Waals surface area contributed by atoms with Crippen LogP contribution in [-0.4, -0.2) is 55.2 Å². The van der Waals surface area contributed by atoms with Crippen molar-refractivity contribution in [2.75, 3.05) is 33.2 Å². The van der Waals surface area contributed by atoms with Gasteiger partial charge in [0.1, 0.15) is 0 Å². The summed E-state index contributed by atoms with van der Waals surface area (Å²) in [6.45, 7) is 2.46. The lowest BCUT2D eigenvalue weighted by molar-refractivity contribution is -0.143. The topological polar surface area (TPSA) is 81.7 Å². The van der Waals surface area contributed by atoms with Gasteiger partial charge in [-0.15, -0.1) is 0 Å². The third kappa shape index (κ3) is 4.60. The molecule has 0 aromatic heterocycles. The quantitative estimate of drug-likeness (QED) is 0.598. The van der Waals surface area contributed by atoms with Crippen molar-refractivity contribution in [1.82, 2.24) is 15.5 Å². The van der Waals surface area contributed by atoms with Crippen LogP contribution in [0.5, 0.6) is 0 Å². The Balaban J connectivity index is 2.28. The minimum Gasteiger partial charge on any atom is -0.481 e. The van der Waals surface area contributed by atoms with E-state index in [-0.39, 0.29) is 6.03 Å². The molecule has 0 aromatic carbocycles. The van der Waals surface area contributed by atoms with E-state index in [1.807, 2.05) is 7.05 Å². The van der Waals surface area contributed by atoms with E-state index >= 15 is 0 Å². The van der Waals surface area contributed by atoms with E-state index in [4.69, 9.17) is 5.11 Å². The fourth-order valence-corrected chi connectivity index (χ4v) is 1.94. The minimum atomic E-state index is -0.808. The molecule has 1 aliphatic rings. The molecule has 1 saturated heterocycles. The largest absolute Gasteiger partial charge is 0.481 e. The zero-order chi connectivity index (χ0) is 12.7. The Morgan fingerprint density at radius 1 is 1.41 bits per heavy atom. The number of carboxylic acid groups (broad SMARTS) is 1. The molecule has 1 fully saturated rings. The first-order valence-electron chi connectivity index (χ1n) is 6.05. The van der Waals surface area contributed by atoms with Crippen molar-refractivity contribution in [2.24, 2.45) is 5.92 Å². The average molecular weight is 243 g/mol. The van der Waals surface area contributed by atoms with Gasteiger partial charge in [0.15, 0.2) is 0 Å². The highest BCUT2D eigenvalue weighted by Gasteiger charge is 2.27. The number of hydrogen-bond donors (Lipinski definition) is 3. The van der Waals surface area contributed by atoms with Gasteiger partial charge >= 0.3 is 12.0 Å². The molecule has 1 atom stereocenters. The van der Waals surface area contributed by atoms with E-state index in [1.54, 1.807) is 4.90 Å². The van der Waals surface area contributed by atoms with Crippen LogP contribution in [0.25, 0.3) is 0 Å². The molecule has 3 N–H and O–H groups in total. The second-order valence-corrected chi connectivity index (χ2v) is 4.31. The van der Waals surface area contributed by atoms with E-state index in [1.165, 1.54) is 0 Å². The second kappa shape index (κ2) is 7.11. The molecule has 1 heterocycles. The van der Waals surface area contributed by atoms with Gasteiger partial charge in [-0.05, 0) is 32.9 Å². The number of nitrogens with one attached hydrogen (secondary N) is 2. The molecule has 0 aromatic rings. The van der Waals surface area contributed by atoms with E-state index in [2.05, 4.69) is 10.6 Å². The Morgan fingerprint density at radius 3 is 2.82 bits per heavy atom. The molecule has 0 saturated carbocycles. The van der Waals surface area contributed by atoms with Crippen molar-refractivity contribution in [1.29, 1.82) is 0 Å². The summed E-state index contributed by atoms with van der Waals surface area (Å²) in [6, 6.07) is -0.146. The molecule has 0 aliphatic carbocycles. The van der Waals surface area contributed by atoms with Crippen molar-refractivity contribution < 1.29 is 14.7 Å². The van der Waals surface area contributed by atoms with Crippen molar-refractivity contribution >= 4 is 12.0 Å². The molecule has 1 unspecified atom stereocenters. The fourth-order valence-electron chi connectivity index (χ4n) is 1.94. The van der Waals surface area contributed by atoms with Crippen molar-refractivity contribution in [2.45, 2.75) is 19.3 Å². The van der Waals surface area contributed by atoms with Crippen LogP contribution in [0.3, 0.4) is 0 Å². The standard InChI is InChI=1S/C11H21N3O3/c1-12-5-3-6-13-11(17)14-7-2-4-9(8-14)10(15)16/h9,12H,2-8H2,1H3,(H,13,17)(H,15,16). The Labute approximate surface area is 101 Å². The van der Waals surface area contributed by atoms with Gasteiger partial charge in [0.25, 0.3) is 0 Å². The number of rotatable bonds is 5. The van der Waals surface area contributed by atoms with Gasteiger partial charge in [0.05, 0.1) is 5.92 Å². The lowest BCUT2D eigenvalue weighted by atomic mass is 9.99. The number of carbonyl (C=O) groups is 2. The van der Waals surface area contributed by atoms with Crippen molar-refractivity contribution in [3.05, 3.63) is 0 Å². The van der Waals surface area contributed by atoms with Gasteiger partial charge in [-0.3, -0.25) is 4.79 Å². The first kappa shape index (κ1) is 13.8. The number of urea groups is 1. The SMILES string of the molecule is CNCCCNC(=O)N1CCCC(C(=O)O)C1. The van der Waals surface area contributed by atoms with Crippen LogP contribution in [0.4, 0.5) is 4.79 Å². The van der Waals surface area contributed by atoms with Crippen molar-refractivity contribution in [3.8, 4) is 0 Å². The minimum absolute atomic E-state index is 0.146. The molecule has 1 rings (SSSR count). The molecular weight excluding hydrogens is 222 g/mol. The number of hydrogen-bond acceptors (Lipinski definition) is 3. The summed E-state index contributed by atoms with van der Waals surface area (Å²) in [6.07, 6.45) is 2.30. The van der Waals surface area contributed by atoms with E-state index in [0.717, 1.165) is 19.4 Å². The Kier molecular flexibility index (Phi) is 5.76. The third-order valence-corrected chi connectivity index (χ3v) is 2.94. The number of carbonyl (C=O) groups excluding carboxylic acids is 1. The van der Waals surface area contributed by atoms with Crippen LogP contribution in [0.1, 0.15) is 19.3 Å². The lowest BCUT2D eigenvalue weighted by Crippen LogP contribution is -2.47. The lowest BCUT2D eigenvalue weighted by Gasteiger charge is -2.30. The highest BCUT2D eigenvalue weighted by atomic mass is 16.4. The van der Waals surface area contributed by atoms with Crippen LogP contribution >= 0.6 is 0 Å². The fraction of sp³-hybridized carbons (Fsp3) is 0.818. The summed E-state index contributed by atoms with van der Waals surface area (Å²) in [5.74, 6) is -1.22. The summed E-state index contributed by atoms with van der Waals surface area (Å²) in [7, 11) is 1.86. The summed E-state index contributed by atoms with van der Waals surface area (Å²) in [4.78, 5) is 24.2. The van der Waals surface area contributed by atoms with Gasteiger partial charge in [-0.2, -0.15) is 0 Å². The van der Waals surface area contributed by atoms with Crippen LogP contribution in [0.2, 0.25) is 0 Å². The normalized spacial score (nSPS) is 20.1. The number of amides is 2. The first-order valence-corrected chi connectivity index (χ1v) is 6.05. The number of aliphatic carboxylic acids is 1. The number of carboxylic acids is 1. The molecular formula is C11H21N3O3. The van der Waals surface area contributed by atoms with Gasteiger partial charge in [-0.1, -0.05) is 0 Å². The van der Waals surface area contributed by atoms with Gasteiger partial charge in [0, 0.05) is 19.6 Å². The van der Waals surface area contributed by atoms with Crippen LogP contribution < -0.4 is 10.6 Å². The molecule has 17 heavy (non-hydrogen) atoms. The first-order chi connectivity index (χ1) is 8.15. The molecule has 6 nitrogen and oxygen atoms in total. The number of piperidine rings is 1. The third-order valence-electron chi connectivity index (χ3n) is 2.94. The zero-order valence-corrected chi connectivity index (χ0v) is 10.2. The van der Waals surface area contributed by atoms with Gasteiger partial charge < -0.3 is 20.6 Å². The molecule has 98 valence electrons. The van der Waals surface area contributed by atoms with Gasteiger partial charge in [-0.25, -0.2) is 4.79 Å².